The van der Waals surface area contributed by atoms with E-state index >= 15 is 0 Å². The van der Waals surface area contributed by atoms with Crippen molar-refractivity contribution in [2.24, 2.45) is 23.7 Å². The highest BCUT2D eigenvalue weighted by molar-refractivity contribution is 4.98. The molecule has 0 saturated heterocycles. The largest absolute Gasteiger partial charge is 0.788 e. The molecule has 4 atom stereocenters. The molecule has 4 unspecified atom stereocenters. The maximum absolute atomic E-state index is 11.3. The first-order chi connectivity index (χ1) is 7.90. The van der Waals surface area contributed by atoms with Crippen molar-refractivity contribution in [1.82, 2.24) is 5.48 Å². The quantitative estimate of drug-likeness (QED) is 0.690. The fraction of sp³-hybridized carbons (Fsp3) is 1.00. The molecule has 2 heteroatoms. The van der Waals surface area contributed by atoms with Crippen LogP contribution in [0, 0.1) is 28.9 Å². The van der Waals surface area contributed by atoms with E-state index in [9.17, 15) is 5.21 Å². The van der Waals surface area contributed by atoms with Crippen molar-refractivity contribution in [3.63, 3.8) is 0 Å². The van der Waals surface area contributed by atoms with Gasteiger partial charge in [-0.25, -0.2) is 0 Å². The number of hydroxylamine groups is 1. The van der Waals surface area contributed by atoms with Gasteiger partial charge in [0, 0.05) is 6.04 Å². The van der Waals surface area contributed by atoms with Gasteiger partial charge in [0.05, 0.1) is 0 Å². The Morgan fingerprint density at radius 3 is 1.75 bits per heavy atom. The first kappa shape index (κ1) is 11.0. The molecular weight excluding hydrogens is 198 g/mol. The molecule has 0 aromatic rings. The zero-order valence-electron chi connectivity index (χ0n) is 10.2. The zero-order valence-corrected chi connectivity index (χ0v) is 10.2. The van der Waals surface area contributed by atoms with Crippen molar-refractivity contribution < 1.29 is 0 Å². The predicted molar refractivity (Wildman–Crippen MR) is 65.8 cm³/mol. The molecule has 0 amide bonds. The van der Waals surface area contributed by atoms with Crippen molar-refractivity contribution in [1.29, 1.82) is 0 Å². The van der Waals surface area contributed by atoms with E-state index in [1.165, 1.54) is 57.8 Å². The fourth-order valence-corrected chi connectivity index (χ4v) is 4.88. The molecule has 3 aliphatic rings. The summed E-state index contributed by atoms with van der Waals surface area (Å²) in [5, 5.41) is 11.3. The molecule has 3 fully saturated rings. The highest BCUT2D eigenvalue weighted by Crippen LogP contribution is 2.49. The monoisotopic (exact) mass is 222 g/mol. The van der Waals surface area contributed by atoms with Gasteiger partial charge in [0.15, 0.2) is 0 Å². The van der Waals surface area contributed by atoms with Gasteiger partial charge in [-0.2, -0.15) is 0 Å². The first-order valence-electron chi connectivity index (χ1n) is 7.28. The molecular formula is C14H24NO-. The van der Waals surface area contributed by atoms with E-state index in [2.05, 4.69) is 5.48 Å². The Balaban J connectivity index is 1.78. The van der Waals surface area contributed by atoms with Gasteiger partial charge in [-0.05, 0) is 42.9 Å². The van der Waals surface area contributed by atoms with E-state index in [0.29, 0.717) is 17.9 Å². The average molecular weight is 222 g/mol. The maximum atomic E-state index is 11.3. The van der Waals surface area contributed by atoms with Crippen molar-refractivity contribution >= 4 is 0 Å². The van der Waals surface area contributed by atoms with Gasteiger partial charge < -0.3 is 10.7 Å². The fourth-order valence-electron chi connectivity index (χ4n) is 4.88. The van der Waals surface area contributed by atoms with Gasteiger partial charge in [-0.3, -0.25) is 0 Å². The molecule has 0 aliphatic heterocycles. The highest BCUT2D eigenvalue weighted by Gasteiger charge is 2.44. The van der Waals surface area contributed by atoms with Crippen LogP contribution < -0.4 is 5.48 Å². The lowest BCUT2D eigenvalue weighted by molar-refractivity contribution is 0.0190. The summed E-state index contributed by atoms with van der Waals surface area (Å²) < 4.78 is 0. The van der Waals surface area contributed by atoms with E-state index < -0.39 is 0 Å². The summed E-state index contributed by atoms with van der Waals surface area (Å²) >= 11 is 0. The zero-order chi connectivity index (χ0) is 11.0. The van der Waals surface area contributed by atoms with Crippen molar-refractivity contribution in [3.8, 4) is 0 Å². The molecule has 0 spiro atoms. The van der Waals surface area contributed by atoms with Crippen LogP contribution in [-0.4, -0.2) is 6.04 Å². The molecule has 3 rings (SSSR count). The van der Waals surface area contributed by atoms with Crippen LogP contribution in [-0.2, 0) is 0 Å². The standard InChI is InChI=1S/C14H24NO/c16-15-14-12-7-3-1-5-10(12)9-11-6-2-4-8-13(11)14/h10-15H,1-9H2/q-1. The van der Waals surface area contributed by atoms with E-state index in [-0.39, 0.29) is 0 Å². The molecule has 0 bridgehead atoms. The van der Waals surface area contributed by atoms with Gasteiger partial charge >= 0.3 is 0 Å². The van der Waals surface area contributed by atoms with E-state index in [4.69, 9.17) is 0 Å². The average Bonchev–Trinajstić information content (AvgIpc) is 2.36. The Kier molecular flexibility index (Phi) is 3.21. The molecule has 3 aliphatic carbocycles. The lowest BCUT2D eigenvalue weighted by Gasteiger charge is -2.53. The second kappa shape index (κ2) is 4.66. The predicted octanol–water partition coefficient (Wildman–Crippen LogP) is 3.46. The van der Waals surface area contributed by atoms with Crippen molar-refractivity contribution in [2.75, 3.05) is 0 Å². The minimum Gasteiger partial charge on any atom is -0.788 e. The van der Waals surface area contributed by atoms with Gasteiger partial charge in [0.1, 0.15) is 0 Å². The van der Waals surface area contributed by atoms with Crippen LogP contribution in [0.2, 0.25) is 0 Å². The number of hydrogen-bond acceptors (Lipinski definition) is 2. The molecule has 16 heavy (non-hydrogen) atoms. The first-order valence-corrected chi connectivity index (χ1v) is 7.28. The Hall–Kier alpha value is -0.0800. The van der Waals surface area contributed by atoms with E-state index in [1.807, 2.05) is 0 Å². The van der Waals surface area contributed by atoms with Crippen LogP contribution in [0.4, 0.5) is 0 Å². The minimum absolute atomic E-state index is 0.310. The Morgan fingerprint density at radius 1 is 0.750 bits per heavy atom. The number of rotatable bonds is 1. The van der Waals surface area contributed by atoms with Crippen LogP contribution in [0.15, 0.2) is 0 Å². The second-order valence-corrected chi connectivity index (χ2v) is 6.30. The van der Waals surface area contributed by atoms with E-state index in [1.54, 1.807) is 0 Å². The third-order valence-electron chi connectivity index (χ3n) is 5.60. The molecule has 3 saturated carbocycles. The third kappa shape index (κ3) is 1.80. The van der Waals surface area contributed by atoms with Gasteiger partial charge in [-0.15, -0.1) is 0 Å². The van der Waals surface area contributed by atoms with Gasteiger partial charge in [0.25, 0.3) is 0 Å². The van der Waals surface area contributed by atoms with Gasteiger partial charge in [0.2, 0.25) is 0 Å². The smallest absolute Gasteiger partial charge is 0.00119 e. The molecule has 0 heterocycles. The van der Waals surface area contributed by atoms with Crippen LogP contribution in [0.5, 0.6) is 0 Å². The molecule has 92 valence electrons. The summed E-state index contributed by atoms with van der Waals surface area (Å²) in [6, 6.07) is 0.310. The molecule has 0 aromatic carbocycles. The Labute approximate surface area is 98.8 Å². The number of hydrogen-bond donors (Lipinski definition) is 1. The van der Waals surface area contributed by atoms with Crippen LogP contribution in [0.3, 0.4) is 0 Å². The summed E-state index contributed by atoms with van der Waals surface area (Å²) in [6.07, 6.45) is 12.4. The lowest BCUT2D eigenvalue weighted by atomic mass is 9.57. The number of nitrogens with one attached hydrogen (secondary N) is 1. The number of fused-ring (bicyclic) bond motifs is 2. The second-order valence-electron chi connectivity index (χ2n) is 6.30. The summed E-state index contributed by atoms with van der Waals surface area (Å²) in [5.74, 6) is 3.18. The molecule has 1 N–H and O–H groups in total. The molecule has 0 aromatic heterocycles. The summed E-state index contributed by atoms with van der Waals surface area (Å²) in [6.45, 7) is 0. The SMILES string of the molecule is [O-]NC1C2CCCCC2CC2CCCCC21. The van der Waals surface area contributed by atoms with Gasteiger partial charge in [-0.1, -0.05) is 38.5 Å². The third-order valence-corrected chi connectivity index (χ3v) is 5.60. The highest BCUT2D eigenvalue weighted by atomic mass is 16.5. The topological polar surface area (TPSA) is 35.1 Å². The summed E-state index contributed by atoms with van der Waals surface area (Å²) in [5.41, 5.74) is 2.45. The summed E-state index contributed by atoms with van der Waals surface area (Å²) in [4.78, 5) is 0. The maximum Gasteiger partial charge on any atom is 0.00119 e. The summed E-state index contributed by atoms with van der Waals surface area (Å²) in [7, 11) is 0. The van der Waals surface area contributed by atoms with E-state index in [0.717, 1.165) is 11.8 Å². The Bertz CT molecular complexity index is 221. The lowest BCUT2D eigenvalue weighted by Crippen LogP contribution is -2.51. The minimum atomic E-state index is 0.310. The van der Waals surface area contributed by atoms with Crippen molar-refractivity contribution in [2.45, 2.75) is 63.8 Å². The van der Waals surface area contributed by atoms with Crippen molar-refractivity contribution in [3.05, 3.63) is 5.21 Å². The van der Waals surface area contributed by atoms with Crippen LogP contribution >= 0.6 is 0 Å². The molecule has 2 nitrogen and oxygen atoms in total. The molecule has 0 radical (unpaired) electrons. The van der Waals surface area contributed by atoms with Crippen LogP contribution in [0.1, 0.15) is 57.8 Å². The normalized spacial score (nSPS) is 48.2. The van der Waals surface area contributed by atoms with Crippen LogP contribution in [0.25, 0.3) is 0 Å². The Morgan fingerprint density at radius 2 is 1.25 bits per heavy atom.